The van der Waals surface area contributed by atoms with Crippen LogP contribution in [0.25, 0.3) is 0 Å². The molecule has 2 saturated heterocycles. The molecule has 1 aromatic heterocycles. The zero-order valence-corrected chi connectivity index (χ0v) is 23.7. The monoisotopic (exact) mass is 555 g/mol. The summed E-state index contributed by atoms with van der Waals surface area (Å²) in [6.45, 7) is 5.48. The summed E-state index contributed by atoms with van der Waals surface area (Å²) in [5.74, 6) is -0.582. The molecule has 2 fully saturated rings. The number of imide groups is 1. The lowest BCUT2D eigenvalue weighted by molar-refractivity contribution is -0.120. The van der Waals surface area contributed by atoms with Gasteiger partial charge in [-0.2, -0.15) is 0 Å². The summed E-state index contributed by atoms with van der Waals surface area (Å²) in [6.07, 6.45) is 8.96. The van der Waals surface area contributed by atoms with Gasteiger partial charge in [0, 0.05) is 17.1 Å². The molecule has 8 nitrogen and oxygen atoms in total. The van der Waals surface area contributed by atoms with Crippen LogP contribution in [0.5, 0.6) is 0 Å². The van der Waals surface area contributed by atoms with Gasteiger partial charge in [-0.15, -0.1) is 11.3 Å². The van der Waals surface area contributed by atoms with E-state index in [0.717, 1.165) is 49.3 Å². The van der Waals surface area contributed by atoms with E-state index in [-0.39, 0.29) is 11.9 Å². The molecule has 3 heterocycles. The van der Waals surface area contributed by atoms with Crippen molar-refractivity contribution >= 4 is 34.9 Å². The fourth-order valence-corrected chi connectivity index (χ4v) is 6.23. The van der Waals surface area contributed by atoms with Crippen molar-refractivity contribution in [3.63, 3.8) is 0 Å². The largest absolute Gasteiger partial charge is 0.460 e. The van der Waals surface area contributed by atoms with Crippen LogP contribution in [-0.2, 0) is 16.0 Å². The highest BCUT2D eigenvalue weighted by Crippen LogP contribution is 2.28. The topological polar surface area (TPSA) is 99.2 Å². The number of carbonyl (C=O) groups excluding carboxylic acids is 3. The molecule has 0 aliphatic carbocycles. The van der Waals surface area contributed by atoms with Gasteiger partial charge in [-0.05, 0) is 81.4 Å². The second kappa shape index (κ2) is 14.6. The summed E-state index contributed by atoms with van der Waals surface area (Å²) in [4.78, 5) is 43.1. The number of ether oxygens (including phenoxy) is 1. The first-order valence-corrected chi connectivity index (χ1v) is 15.2. The number of likely N-dealkylation sites (tertiary alicyclic amines) is 1. The Morgan fingerprint density at radius 1 is 1.08 bits per heavy atom. The van der Waals surface area contributed by atoms with Crippen molar-refractivity contribution < 1.29 is 24.2 Å². The molecule has 212 valence electrons. The number of hydrogen-bond donors (Lipinski definition) is 2. The molecular formula is C30H41N3O5S. The third-order valence-electron chi connectivity index (χ3n) is 7.55. The van der Waals surface area contributed by atoms with E-state index in [0.29, 0.717) is 42.9 Å². The van der Waals surface area contributed by atoms with Crippen LogP contribution in [0, 0.1) is 0 Å². The molecular weight excluding hydrogens is 514 g/mol. The van der Waals surface area contributed by atoms with Crippen molar-refractivity contribution in [1.29, 1.82) is 0 Å². The van der Waals surface area contributed by atoms with Gasteiger partial charge in [-0.1, -0.05) is 44.7 Å². The lowest BCUT2D eigenvalue weighted by Gasteiger charge is -2.25. The van der Waals surface area contributed by atoms with Crippen LogP contribution in [0.15, 0.2) is 36.4 Å². The van der Waals surface area contributed by atoms with Crippen LogP contribution in [0.2, 0.25) is 0 Å². The normalized spacial score (nSPS) is 18.8. The summed E-state index contributed by atoms with van der Waals surface area (Å²) in [6, 6.07) is 9.99. The minimum absolute atomic E-state index is 0.283. The minimum atomic E-state index is -0.586. The number of aliphatic hydroxyl groups excluding tert-OH is 1. The number of urea groups is 1. The molecule has 2 aliphatic heterocycles. The molecule has 1 aromatic carbocycles. The predicted octanol–water partition coefficient (Wildman–Crippen LogP) is 5.45. The number of esters is 1. The maximum atomic E-state index is 12.6. The molecule has 0 saturated carbocycles. The van der Waals surface area contributed by atoms with Gasteiger partial charge >= 0.3 is 12.0 Å². The van der Waals surface area contributed by atoms with Crippen molar-refractivity contribution in [2.75, 3.05) is 31.1 Å². The van der Waals surface area contributed by atoms with E-state index in [1.807, 2.05) is 18.2 Å². The highest BCUT2D eigenvalue weighted by molar-refractivity contribution is 7.13. The molecule has 39 heavy (non-hydrogen) atoms. The van der Waals surface area contributed by atoms with E-state index >= 15 is 0 Å². The maximum Gasteiger partial charge on any atom is 0.348 e. The number of benzene rings is 1. The van der Waals surface area contributed by atoms with Crippen molar-refractivity contribution in [1.82, 2.24) is 10.2 Å². The Morgan fingerprint density at radius 3 is 2.59 bits per heavy atom. The van der Waals surface area contributed by atoms with Gasteiger partial charge in [0.1, 0.15) is 17.5 Å². The number of amides is 3. The van der Waals surface area contributed by atoms with Crippen molar-refractivity contribution in [2.45, 2.75) is 83.3 Å². The van der Waals surface area contributed by atoms with Gasteiger partial charge in [0.05, 0.1) is 6.10 Å². The molecule has 4 rings (SSSR count). The summed E-state index contributed by atoms with van der Waals surface area (Å²) < 4.78 is 5.48. The Kier molecular flexibility index (Phi) is 10.9. The fraction of sp³-hybridized carbons (Fsp3) is 0.567. The van der Waals surface area contributed by atoms with Crippen molar-refractivity contribution in [2.24, 2.45) is 0 Å². The number of aryl methyl sites for hydroxylation is 1. The molecule has 0 spiro atoms. The minimum Gasteiger partial charge on any atom is -0.460 e. The summed E-state index contributed by atoms with van der Waals surface area (Å²) in [7, 11) is 0. The van der Waals surface area contributed by atoms with E-state index in [4.69, 9.17) is 4.74 Å². The standard InChI is InChI=1S/C30H41N3O5S/c1-2-3-5-11-26(34)22-12-14-23(15-13-22)33-25(28(35)31-30(33)37)10-8-9-24-16-17-27(39-24)29(36)38-21-20-32-18-6-4-7-19-32/h12-17,25-26,34H,2-11,18-21H2,1H3,(H,31,35,37)/t25-,26?/m0/s1. The molecule has 2 aromatic rings. The number of aliphatic hydroxyl groups is 1. The third-order valence-corrected chi connectivity index (χ3v) is 8.68. The van der Waals surface area contributed by atoms with Crippen molar-refractivity contribution in [3.8, 4) is 0 Å². The van der Waals surface area contributed by atoms with E-state index in [1.165, 1.54) is 35.5 Å². The van der Waals surface area contributed by atoms with Gasteiger partial charge < -0.3 is 9.84 Å². The zero-order valence-electron chi connectivity index (χ0n) is 22.9. The number of nitrogens with one attached hydrogen (secondary N) is 1. The van der Waals surface area contributed by atoms with Crippen LogP contribution in [0.1, 0.15) is 90.9 Å². The average molecular weight is 556 g/mol. The molecule has 2 atom stereocenters. The highest BCUT2D eigenvalue weighted by Gasteiger charge is 2.38. The van der Waals surface area contributed by atoms with Crippen LogP contribution >= 0.6 is 11.3 Å². The predicted molar refractivity (Wildman–Crippen MR) is 153 cm³/mol. The molecule has 3 amide bonds. The van der Waals surface area contributed by atoms with Crippen LogP contribution < -0.4 is 10.2 Å². The second-order valence-electron chi connectivity index (χ2n) is 10.5. The lowest BCUT2D eigenvalue weighted by Crippen LogP contribution is -2.35. The zero-order chi connectivity index (χ0) is 27.6. The van der Waals surface area contributed by atoms with E-state index in [2.05, 4.69) is 17.1 Å². The smallest absolute Gasteiger partial charge is 0.348 e. The number of piperidine rings is 1. The summed E-state index contributed by atoms with van der Waals surface area (Å²) >= 11 is 1.43. The Morgan fingerprint density at radius 2 is 1.85 bits per heavy atom. The lowest BCUT2D eigenvalue weighted by atomic mass is 10.0. The summed E-state index contributed by atoms with van der Waals surface area (Å²) in [5, 5.41) is 12.9. The Bertz CT molecular complexity index is 1100. The molecule has 0 radical (unpaired) electrons. The fourth-order valence-electron chi connectivity index (χ4n) is 5.29. The maximum absolute atomic E-state index is 12.6. The van der Waals surface area contributed by atoms with Gasteiger partial charge in [-0.3, -0.25) is 19.9 Å². The number of carbonyl (C=O) groups is 3. The number of anilines is 1. The van der Waals surface area contributed by atoms with Crippen LogP contribution in [-0.4, -0.2) is 60.2 Å². The van der Waals surface area contributed by atoms with Gasteiger partial charge in [0.2, 0.25) is 0 Å². The molecule has 1 unspecified atom stereocenters. The van der Waals surface area contributed by atoms with Crippen molar-refractivity contribution in [3.05, 3.63) is 51.7 Å². The number of rotatable bonds is 14. The van der Waals surface area contributed by atoms with Gasteiger partial charge in [-0.25, -0.2) is 9.59 Å². The Labute approximate surface area is 235 Å². The van der Waals surface area contributed by atoms with Gasteiger partial charge in [0.15, 0.2) is 0 Å². The third kappa shape index (κ3) is 8.13. The summed E-state index contributed by atoms with van der Waals surface area (Å²) in [5.41, 5.74) is 1.45. The second-order valence-corrected chi connectivity index (χ2v) is 11.6. The quantitative estimate of drug-likeness (QED) is 0.183. The molecule has 0 bridgehead atoms. The van der Waals surface area contributed by atoms with Crippen LogP contribution in [0.3, 0.4) is 0 Å². The average Bonchev–Trinajstić information content (AvgIpc) is 3.53. The molecule has 2 aliphatic rings. The number of nitrogens with zero attached hydrogens (tertiary/aromatic N) is 2. The number of thiophene rings is 1. The van der Waals surface area contributed by atoms with E-state index in [9.17, 15) is 19.5 Å². The Hall–Kier alpha value is -2.75. The van der Waals surface area contributed by atoms with Crippen LogP contribution in [0.4, 0.5) is 10.5 Å². The SMILES string of the molecule is CCCCCC(O)c1ccc(N2C(=O)NC(=O)[C@@H]2CCCc2ccc(C(=O)OCCN3CCCCC3)s2)cc1. The first kappa shape index (κ1) is 29.2. The molecule has 9 heteroatoms. The first-order chi connectivity index (χ1) is 19.0. The Balaban J connectivity index is 1.25. The van der Waals surface area contributed by atoms with E-state index in [1.54, 1.807) is 18.2 Å². The number of hydrogen-bond acceptors (Lipinski definition) is 7. The van der Waals surface area contributed by atoms with E-state index < -0.39 is 18.2 Å². The number of unbranched alkanes of at least 4 members (excludes halogenated alkanes) is 2. The van der Waals surface area contributed by atoms with Gasteiger partial charge in [0.25, 0.3) is 5.91 Å². The molecule has 2 N–H and O–H groups in total. The first-order valence-electron chi connectivity index (χ1n) is 14.4. The highest BCUT2D eigenvalue weighted by atomic mass is 32.1.